The van der Waals surface area contributed by atoms with E-state index in [1.54, 1.807) is 30.9 Å². The molecule has 1 aromatic rings. The largest absolute Gasteiger partial charge is 0.478 e. The summed E-state index contributed by atoms with van der Waals surface area (Å²) in [5.74, 6) is -0.326. The molecule has 0 radical (unpaired) electrons. The first-order valence-electron chi connectivity index (χ1n) is 5.82. The molecule has 0 aliphatic heterocycles. The topological polar surface area (TPSA) is 83.6 Å². The predicted octanol–water partition coefficient (Wildman–Crippen LogP) is 1.43. The van der Waals surface area contributed by atoms with Gasteiger partial charge in [0.25, 0.3) is 0 Å². The Morgan fingerprint density at radius 3 is 2.42 bits per heavy atom. The molecule has 6 heteroatoms. The van der Waals surface area contributed by atoms with E-state index in [1.807, 2.05) is 6.26 Å². The van der Waals surface area contributed by atoms with Crippen molar-refractivity contribution in [3.8, 4) is 0 Å². The van der Waals surface area contributed by atoms with Gasteiger partial charge in [-0.1, -0.05) is 0 Å². The fourth-order valence-electron chi connectivity index (χ4n) is 1.57. The zero-order chi connectivity index (χ0) is 14.4. The van der Waals surface area contributed by atoms with Crippen LogP contribution in [0.2, 0.25) is 0 Å². The van der Waals surface area contributed by atoms with Gasteiger partial charge in [-0.05, 0) is 42.7 Å². The summed E-state index contributed by atoms with van der Waals surface area (Å²) in [7, 11) is 1.64. The zero-order valence-electron chi connectivity index (χ0n) is 11.0. The average molecular weight is 282 g/mol. The molecule has 0 bridgehead atoms. The first kappa shape index (κ1) is 15.5. The van der Waals surface area contributed by atoms with Gasteiger partial charge in [-0.15, -0.1) is 0 Å². The number of thioether (sulfide) groups is 1. The Hall–Kier alpha value is -1.53. The number of hydrogen-bond donors (Lipinski definition) is 2. The van der Waals surface area contributed by atoms with Gasteiger partial charge >= 0.3 is 5.97 Å². The van der Waals surface area contributed by atoms with Crippen molar-refractivity contribution in [2.75, 3.05) is 24.0 Å². The number of hydrogen-bond acceptors (Lipinski definition) is 4. The number of carboxylic acid groups (broad SMARTS) is 1. The van der Waals surface area contributed by atoms with E-state index in [0.717, 1.165) is 5.75 Å². The van der Waals surface area contributed by atoms with E-state index in [9.17, 15) is 9.59 Å². The number of amides is 1. The van der Waals surface area contributed by atoms with Crippen molar-refractivity contribution in [1.82, 2.24) is 0 Å². The molecular weight excluding hydrogens is 264 g/mol. The lowest BCUT2D eigenvalue weighted by atomic mass is 10.1. The fourth-order valence-corrected chi connectivity index (χ4v) is 2.06. The Balaban J connectivity index is 2.73. The molecule has 5 nitrogen and oxygen atoms in total. The van der Waals surface area contributed by atoms with Crippen LogP contribution in [0.25, 0.3) is 0 Å². The van der Waals surface area contributed by atoms with Crippen molar-refractivity contribution in [2.45, 2.75) is 12.5 Å². The molecule has 0 aliphatic rings. The fraction of sp³-hybridized carbons (Fsp3) is 0.385. The highest BCUT2D eigenvalue weighted by molar-refractivity contribution is 7.98. The first-order chi connectivity index (χ1) is 8.97. The summed E-state index contributed by atoms with van der Waals surface area (Å²) < 4.78 is 0. The van der Waals surface area contributed by atoms with Gasteiger partial charge in [0, 0.05) is 12.7 Å². The molecule has 0 fully saturated rings. The third-order valence-corrected chi connectivity index (χ3v) is 3.43. The van der Waals surface area contributed by atoms with Crippen LogP contribution in [0, 0.1) is 0 Å². The Kier molecular flexibility index (Phi) is 5.85. The third-order valence-electron chi connectivity index (χ3n) is 2.78. The highest BCUT2D eigenvalue weighted by atomic mass is 32.2. The van der Waals surface area contributed by atoms with Crippen LogP contribution in [0.4, 0.5) is 5.69 Å². The summed E-state index contributed by atoms with van der Waals surface area (Å²) in [6.45, 7) is 0. The van der Waals surface area contributed by atoms with Gasteiger partial charge < -0.3 is 15.7 Å². The molecule has 0 unspecified atom stereocenters. The maximum Gasteiger partial charge on any atom is 0.335 e. The predicted molar refractivity (Wildman–Crippen MR) is 77.8 cm³/mol. The summed E-state index contributed by atoms with van der Waals surface area (Å²) >= 11 is 1.64. The number of carboxylic acids is 1. The average Bonchev–Trinajstić information content (AvgIpc) is 2.43. The van der Waals surface area contributed by atoms with Crippen molar-refractivity contribution in [2.24, 2.45) is 5.73 Å². The van der Waals surface area contributed by atoms with Crippen molar-refractivity contribution in [3.05, 3.63) is 29.8 Å². The van der Waals surface area contributed by atoms with Gasteiger partial charge in [0.1, 0.15) is 0 Å². The molecule has 1 rings (SSSR count). The van der Waals surface area contributed by atoms with E-state index in [2.05, 4.69) is 0 Å². The number of likely N-dealkylation sites (N-methyl/N-ethyl adjacent to an activating group) is 1. The van der Waals surface area contributed by atoms with Gasteiger partial charge in [0.15, 0.2) is 0 Å². The van der Waals surface area contributed by atoms with Crippen LogP contribution in [0.5, 0.6) is 0 Å². The second-order valence-electron chi connectivity index (χ2n) is 4.14. The Morgan fingerprint density at radius 2 is 1.95 bits per heavy atom. The number of anilines is 1. The lowest BCUT2D eigenvalue weighted by molar-refractivity contribution is -0.119. The van der Waals surface area contributed by atoms with E-state index in [0.29, 0.717) is 12.1 Å². The molecule has 104 valence electrons. The number of nitrogens with two attached hydrogens (primary N) is 1. The summed E-state index contributed by atoms with van der Waals surface area (Å²) in [4.78, 5) is 24.2. The normalized spacial score (nSPS) is 11.9. The van der Waals surface area contributed by atoms with Gasteiger partial charge in [-0.3, -0.25) is 4.79 Å². The Morgan fingerprint density at radius 1 is 1.37 bits per heavy atom. The van der Waals surface area contributed by atoms with Crippen LogP contribution in [0.3, 0.4) is 0 Å². The molecule has 0 saturated heterocycles. The lowest BCUT2D eigenvalue weighted by Crippen LogP contribution is -2.42. The minimum Gasteiger partial charge on any atom is -0.478 e. The van der Waals surface area contributed by atoms with Crippen LogP contribution >= 0.6 is 11.8 Å². The molecule has 0 heterocycles. The lowest BCUT2D eigenvalue weighted by Gasteiger charge is -2.21. The minimum atomic E-state index is -0.989. The maximum absolute atomic E-state index is 12.0. The summed E-state index contributed by atoms with van der Waals surface area (Å²) in [5.41, 5.74) is 6.65. The number of aromatic carboxylic acids is 1. The van der Waals surface area contributed by atoms with Gasteiger partial charge in [0.05, 0.1) is 11.6 Å². The molecule has 0 aromatic heterocycles. The maximum atomic E-state index is 12.0. The SMILES string of the molecule is CSCC[C@@H](N)C(=O)N(C)c1ccc(C(=O)O)cc1. The summed E-state index contributed by atoms with van der Waals surface area (Å²) in [5, 5.41) is 8.81. The standard InChI is InChI=1S/C13H18N2O3S/c1-15(12(16)11(14)7-8-19-2)10-5-3-9(4-6-10)13(17)18/h3-6,11H,7-8,14H2,1-2H3,(H,17,18)/t11-/m1/s1. The molecule has 0 spiro atoms. The highest BCUT2D eigenvalue weighted by Crippen LogP contribution is 2.15. The van der Waals surface area contributed by atoms with Crippen LogP contribution in [-0.4, -0.2) is 42.1 Å². The molecule has 1 aromatic carbocycles. The monoisotopic (exact) mass is 282 g/mol. The van der Waals surface area contributed by atoms with Crippen molar-refractivity contribution in [1.29, 1.82) is 0 Å². The quantitative estimate of drug-likeness (QED) is 0.824. The third kappa shape index (κ3) is 4.25. The van der Waals surface area contributed by atoms with Crippen molar-refractivity contribution in [3.63, 3.8) is 0 Å². The van der Waals surface area contributed by atoms with Gasteiger partial charge in [-0.2, -0.15) is 11.8 Å². The number of nitrogens with zero attached hydrogens (tertiary/aromatic N) is 1. The van der Waals surface area contributed by atoms with Crippen LogP contribution in [0.1, 0.15) is 16.8 Å². The number of carbonyl (C=O) groups is 2. The van der Waals surface area contributed by atoms with E-state index in [-0.39, 0.29) is 11.5 Å². The second-order valence-corrected chi connectivity index (χ2v) is 5.12. The second kappa shape index (κ2) is 7.16. The van der Waals surface area contributed by atoms with Crippen molar-refractivity contribution < 1.29 is 14.7 Å². The minimum absolute atomic E-state index is 0.169. The van der Waals surface area contributed by atoms with Gasteiger partial charge in [-0.25, -0.2) is 4.79 Å². The molecule has 1 atom stereocenters. The summed E-state index contributed by atoms with van der Waals surface area (Å²) in [6, 6.07) is 5.60. The number of carbonyl (C=O) groups excluding carboxylic acids is 1. The molecular formula is C13H18N2O3S. The van der Waals surface area contributed by atoms with E-state index >= 15 is 0 Å². The number of benzene rings is 1. The van der Waals surface area contributed by atoms with E-state index in [4.69, 9.17) is 10.8 Å². The zero-order valence-corrected chi connectivity index (χ0v) is 11.8. The van der Waals surface area contributed by atoms with Crippen LogP contribution in [-0.2, 0) is 4.79 Å². The smallest absolute Gasteiger partial charge is 0.335 e. The van der Waals surface area contributed by atoms with E-state index in [1.165, 1.54) is 17.0 Å². The van der Waals surface area contributed by atoms with E-state index < -0.39 is 12.0 Å². The van der Waals surface area contributed by atoms with Crippen LogP contribution in [0.15, 0.2) is 24.3 Å². The Labute approximate surface area is 116 Å². The number of rotatable bonds is 6. The molecule has 0 saturated carbocycles. The van der Waals surface area contributed by atoms with Crippen LogP contribution < -0.4 is 10.6 Å². The first-order valence-corrected chi connectivity index (χ1v) is 7.22. The molecule has 3 N–H and O–H groups in total. The molecule has 19 heavy (non-hydrogen) atoms. The summed E-state index contributed by atoms with van der Waals surface area (Å²) in [6.07, 6.45) is 2.59. The molecule has 1 amide bonds. The molecule has 0 aliphatic carbocycles. The Bertz CT molecular complexity index is 448. The highest BCUT2D eigenvalue weighted by Gasteiger charge is 2.18. The van der Waals surface area contributed by atoms with Crippen molar-refractivity contribution >= 4 is 29.3 Å². The van der Waals surface area contributed by atoms with Gasteiger partial charge in [0.2, 0.25) is 5.91 Å².